The molecule has 0 amide bonds. The molecule has 0 radical (unpaired) electrons. The topological polar surface area (TPSA) is 162 Å². The van der Waals surface area contributed by atoms with Crippen molar-refractivity contribution in [1.82, 2.24) is 0 Å². The van der Waals surface area contributed by atoms with Crippen molar-refractivity contribution >= 4 is 23.3 Å². The first-order valence-electron chi connectivity index (χ1n) is 11.1. The Labute approximate surface area is 217 Å². The van der Waals surface area contributed by atoms with Gasteiger partial charge in [-0.3, -0.25) is 10.1 Å². The molecule has 4 aromatic rings. The molecular formula is C28H24N2O8. The summed E-state index contributed by atoms with van der Waals surface area (Å²) in [6.45, 7) is 0. The van der Waals surface area contributed by atoms with Crippen molar-refractivity contribution in [2.45, 2.75) is 0 Å². The molecule has 0 saturated heterocycles. The van der Waals surface area contributed by atoms with E-state index >= 15 is 0 Å². The molecule has 0 atom stereocenters. The summed E-state index contributed by atoms with van der Waals surface area (Å²) in [6, 6.07) is 22.5. The Kier molecular flexibility index (Phi) is 8.62. The van der Waals surface area contributed by atoms with Gasteiger partial charge in [-0.05, 0) is 64.7 Å². The Morgan fingerprint density at radius 1 is 0.711 bits per heavy atom. The molecule has 10 nitrogen and oxygen atoms in total. The highest BCUT2D eigenvalue weighted by atomic mass is 16.6. The predicted octanol–water partition coefficient (Wildman–Crippen LogP) is 5.18. The van der Waals surface area contributed by atoms with Crippen LogP contribution in [0.3, 0.4) is 0 Å². The number of nitro benzene ring substituents is 1. The average Bonchev–Trinajstić information content (AvgIpc) is 2.94. The SMILES string of the molecule is COC(=O)c1cccc(-c2ccc(O)c(N)c2)c1.COC(=O)c1cccc(-c2ccc(O)c([N+](=O)[O-])c2)c1. The second-order valence-corrected chi connectivity index (χ2v) is 7.88. The fourth-order valence-corrected chi connectivity index (χ4v) is 3.47. The monoisotopic (exact) mass is 516 g/mol. The number of hydrogen-bond acceptors (Lipinski definition) is 9. The molecule has 0 bridgehead atoms. The van der Waals surface area contributed by atoms with Crippen LogP contribution in [0.2, 0.25) is 0 Å². The minimum absolute atomic E-state index is 0.0443. The van der Waals surface area contributed by atoms with E-state index < -0.39 is 16.6 Å². The van der Waals surface area contributed by atoms with Gasteiger partial charge >= 0.3 is 17.6 Å². The summed E-state index contributed by atoms with van der Waals surface area (Å²) < 4.78 is 9.29. The summed E-state index contributed by atoms with van der Waals surface area (Å²) in [6.07, 6.45) is 0. The molecule has 4 N–H and O–H groups in total. The first-order chi connectivity index (χ1) is 18.1. The third-order valence-corrected chi connectivity index (χ3v) is 5.43. The predicted molar refractivity (Wildman–Crippen MR) is 141 cm³/mol. The molecule has 0 aromatic heterocycles. The van der Waals surface area contributed by atoms with Gasteiger partial charge in [0, 0.05) is 6.07 Å². The molecule has 0 unspecified atom stereocenters. The number of nitro groups is 1. The molecular weight excluding hydrogens is 492 g/mol. The highest BCUT2D eigenvalue weighted by Crippen LogP contribution is 2.32. The van der Waals surface area contributed by atoms with Crippen molar-refractivity contribution < 1.29 is 34.2 Å². The second-order valence-electron chi connectivity index (χ2n) is 7.88. The molecule has 10 heteroatoms. The van der Waals surface area contributed by atoms with E-state index in [9.17, 15) is 29.9 Å². The molecule has 4 rings (SSSR count). The largest absolute Gasteiger partial charge is 0.506 e. The number of phenolic OH excluding ortho intramolecular Hbond substituents is 2. The fraction of sp³-hybridized carbons (Fsp3) is 0.0714. The number of carbonyl (C=O) groups excluding carboxylic acids is 2. The molecule has 194 valence electrons. The van der Waals surface area contributed by atoms with Crippen molar-refractivity contribution in [3.63, 3.8) is 0 Å². The van der Waals surface area contributed by atoms with Gasteiger partial charge in [-0.15, -0.1) is 0 Å². The van der Waals surface area contributed by atoms with E-state index in [1.807, 2.05) is 6.07 Å². The lowest BCUT2D eigenvalue weighted by Gasteiger charge is -2.06. The first-order valence-corrected chi connectivity index (χ1v) is 11.1. The number of nitrogens with two attached hydrogens (primary N) is 1. The van der Waals surface area contributed by atoms with Crippen LogP contribution >= 0.6 is 0 Å². The van der Waals surface area contributed by atoms with E-state index in [-0.39, 0.29) is 17.4 Å². The third-order valence-electron chi connectivity index (χ3n) is 5.43. The zero-order valence-corrected chi connectivity index (χ0v) is 20.5. The molecule has 0 spiro atoms. The highest BCUT2D eigenvalue weighted by molar-refractivity contribution is 5.91. The lowest BCUT2D eigenvalue weighted by atomic mass is 10.0. The van der Waals surface area contributed by atoms with Crippen molar-refractivity contribution in [1.29, 1.82) is 0 Å². The van der Waals surface area contributed by atoms with Gasteiger partial charge in [0.25, 0.3) is 0 Å². The number of carbonyl (C=O) groups is 2. The molecule has 0 fully saturated rings. The van der Waals surface area contributed by atoms with Crippen LogP contribution < -0.4 is 5.73 Å². The summed E-state index contributed by atoms with van der Waals surface area (Å²) in [5.74, 6) is -1.23. The Morgan fingerprint density at radius 2 is 1.16 bits per heavy atom. The summed E-state index contributed by atoms with van der Waals surface area (Å²) in [5, 5.41) is 29.6. The first kappa shape index (κ1) is 27.2. The quantitative estimate of drug-likeness (QED) is 0.107. The van der Waals surface area contributed by atoms with Crippen molar-refractivity contribution in [2.75, 3.05) is 20.0 Å². The fourth-order valence-electron chi connectivity index (χ4n) is 3.47. The van der Waals surface area contributed by atoms with Gasteiger partial charge in [-0.25, -0.2) is 9.59 Å². The molecule has 0 aliphatic heterocycles. The number of methoxy groups -OCH3 is 2. The van der Waals surface area contributed by atoms with Gasteiger partial charge in [0.15, 0.2) is 5.75 Å². The van der Waals surface area contributed by atoms with Crippen molar-refractivity contribution in [3.8, 4) is 33.8 Å². The number of benzene rings is 4. The maximum absolute atomic E-state index is 11.5. The summed E-state index contributed by atoms with van der Waals surface area (Å²) in [4.78, 5) is 33.0. The van der Waals surface area contributed by atoms with E-state index in [1.165, 1.54) is 32.4 Å². The molecule has 0 aliphatic carbocycles. The maximum atomic E-state index is 11.5. The Hall–Kier alpha value is -5.38. The van der Waals surface area contributed by atoms with Crippen LogP contribution in [0.5, 0.6) is 11.5 Å². The summed E-state index contributed by atoms with van der Waals surface area (Å²) >= 11 is 0. The van der Waals surface area contributed by atoms with E-state index in [0.29, 0.717) is 27.9 Å². The Morgan fingerprint density at radius 3 is 1.61 bits per heavy atom. The number of anilines is 1. The van der Waals surface area contributed by atoms with Crippen LogP contribution in [0.25, 0.3) is 22.3 Å². The number of phenols is 2. The minimum atomic E-state index is -0.664. The van der Waals surface area contributed by atoms with Gasteiger partial charge in [0.2, 0.25) is 0 Å². The van der Waals surface area contributed by atoms with Crippen molar-refractivity contribution in [2.24, 2.45) is 0 Å². The van der Waals surface area contributed by atoms with Crippen molar-refractivity contribution in [3.05, 3.63) is 106 Å². The lowest BCUT2D eigenvalue weighted by Crippen LogP contribution is -2.00. The number of ether oxygens (including phenoxy) is 2. The Bertz CT molecular complexity index is 1500. The number of nitrogens with zero attached hydrogens (tertiary/aromatic N) is 1. The number of aromatic hydroxyl groups is 2. The van der Waals surface area contributed by atoms with Gasteiger partial charge in [-0.1, -0.05) is 36.4 Å². The number of rotatable bonds is 5. The smallest absolute Gasteiger partial charge is 0.337 e. The maximum Gasteiger partial charge on any atom is 0.337 e. The van der Waals surface area contributed by atoms with Crippen LogP contribution in [-0.2, 0) is 9.47 Å². The van der Waals surface area contributed by atoms with Crippen LogP contribution in [0.1, 0.15) is 20.7 Å². The summed E-state index contributed by atoms with van der Waals surface area (Å²) in [7, 11) is 2.62. The van der Waals surface area contributed by atoms with Gasteiger partial charge in [0.1, 0.15) is 5.75 Å². The zero-order chi connectivity index (χ0) is 27.8. The molecule has 0 aliphatic rings. The van der Waals surface area contributed by atoms with Crippen LogP contribution in [0, 0.1) is 10.1 Å². The minimum Gasteiger partial charge on any atom is -0.506 e. The van der Waals surface area contributed by atoms with Gasteiger partial charge < -0.3 is 25.4 Å². The van der Waals surface area contributed by atoms with Crippen LogP contribution in [-0.4, -0.2) is 41.3 Å². The second kappa shape index (κ2) is 12.0. The Balaban J connectivity index is 0.000000212. The molecule has 0 heterocycles. The van der Waals surface area contributed by atoms with E-state index in [1.54, 1.807) is 60.7 Å². The summed E-state index contributed by atoms with van der Waals surface area (Å²) in [5.41, 5.74) is 9.20. The van der Waals surface area contributed by atoms with E-state index in [4.69, 9.17) is 5.73 Å². The van der Waals surface area contributed by atoms with Gasteiger partial charge in [0.05, 0.1) is 36.0 Å². The number of nitrogen functional groups attached to an aromatic ring is 1. The van der Waals surface area contributed by atoms with Crippen LogP contribution in [0.15, 0.2) is 84.9 Å². The van der Waals surface area contributed by atoms with Crippen LogP contribution in [0.4, 0.5) is 11.4 Å². The standard InChI is InChI=1S/C14H11NO5.C14H13NO3/c1-20-14(17)11-4-2-3-9(7-11)10-5-6-13(16)12(8-10)15(18)19;1-18-14(17)11-4-2-3-9(7-11)10-5-6-13(16)12(15)8-10/h2-8,16H,1H3;2-8,16H,15H2,1H3. The molecule has 0 saturated carbocycles. The zero-order valence-electron chi connectivity index (χ0n) is 20.5. The average molecular weight is 517 g/mol. The third kappa shape index (κ3) is 6.43. The number of hydrogen-bond donors (Lipinski definition) is 3. The highest BCUT2D eigenvalue weighted by Gasteiger charge is 2.15. The lowest BCUT2D eigenvalue weighted by molar-refractivity contribution is -0.385. The molecule has 4 aromatic carbocycles. The van der Waals surface area contributed by atoms with Gasteiger partial charge in [-0.2, -0.15) is 0 Å². The van der Waals surface area contributed by atoms with E-state index in [2.05, 4.69) is 9.47 Å². The van der Waals surface area contributed by atoms with E-state index in [0.717, 1.165) is 11.1 Å². The number of esters is 2. The molecule has 38 heavy (non-hydrogen) atoms. The normalized spacial score (nSPS) is 10.1.